The van der Waals surface area contributed by atoms with Crippen LogP contribution in [-0.4, -0.2) is 23.9 Å². The smallest absolute Gasteiger partial charge is 0.337 e. The Hall–Kier alpha value is -1.80. The fraction of sp³-hybridized carbons (Fsp3) is 0.286. The van der Waals surface area contributed by atoms with Crippen molar-refractivity contribution < 1.29 is 18.7 Å². The van der Waals surface area contributed by atoms with Gasteiger partial charge in [0.15, 0.2) is 5.12 Å². The van der Waals surface area contributed by atoms with Gasteiger partial charge in [-0.05, 0) is 18.2 Å². The van der Waals surface area contributed by atoms with Crippen LogP contribution in [0.3, 0.4) is 0 Å². The summed E-state index contributed by atoms with van der Waals surface area (Å²) >= 11 is 1.17. The molecule has 0 aromatic heterocycles. The van der Waals surface area contributed by atoms with E-state index in [2.05, 4.69) is 16.6 Å². The third-order valence-corrected chi connectivity index (χ3v) is 2.96. The second-order valence-corrected chi connectivity index (χ2v) is 4.85. The Morgan fingerprint density at radius 2 is 2.16 bits per heavy atom. The van der Waals surface area contributed by atoms with E-state index in [4.69, 9.17) is 0 Å². The van der Waals surface area contributed by atoms with E-state index in [-0.39, 0.29) is 16.2 Å². The Morgan fingerprint density at radius 3 is 2.79 bits per heavy atom. The largest absolute Gasteiger partial charge is 0.465 e. The van der Waals surface area contributed by atoms with E-state index in [0.29, 0.717) is 12.2 Å². The lowest BCUT2D eigenvalue weighted by molar-refractivity contribution is -0.109. The van der Waals surface area contributed by atoms with Crippen LogP contribution in [0.25, 0.3) is 0 Å². The highest BCUT2D eigenvalue weighted by Crippen LogP contribution is 2.11. The number of halogens is 1. The molecule has 1 rings (SSSR count). The highest BCUT2D eigenvalue weighted by molar-refractivity contribution is 8.13. The number of carbonyl (C=O) groups excluding carboxylic acids is 2. The number of esters is 1. The van der Waals surface area contributed by atoms with Crippen molar-refractivity contribution in [2.24, 2.45) is 0 Å². The third kappa shape index (κ3) is 5.14. The summed E-state index contributed by atoms with van der Waals surface area (Å²) in [5.41, 5.74) is 0.405. The van der Waals surface area contributed by atoms with E-state index >= 15 is 0 Å². The number of carbonyl (C=O) groups is 2. The van der Waals surface area contributed by atoms with Crippen molar-refractivity contribution in [2.75, 3.05) is 12.9 Å². The molecule has 1 aromatic rings. The van der Waals surface area contributed by atoms with Gasteiger partial charge in [0.1, 0.15) is 5.82 Å². The number of hydrogen-bond acceptors (Lipinski definition) is 4. The van der Waals surface area contributed by atoms with E-state index in [0.717, 1.165) is 0 Å². The van der Waals surface area contributed by atoms with Crippen LogP contribution < -0.4 is 0 Å². The van der Waals surface area contributed by atoms with E-state index in [1.807, 2.05) is 0 Å². The molecule has 0 aliphatic rings. The molecule has 100 valence electrons. The summed E-state index contributed by atoms with van der Waals surface area (Å²) in [6, 6.07) is 3.88. The second-order valence-electron chi connectivity index (χ2n) is 3.58. The summed E-state index contributed by atoms with van der Waals surface area (Å²) in [7, 11) is 1.26. The average molecular weight is 280 g/mol. The Kier molecular flexibility index (Phi) is 6.10. The second kappa shape index (κ2) is 7.59. The van der Waals surface area contributed by atoms with Crippen LogP contribution in [0.4, 0.5) is 4.39 Å². The molecular formula is C14H13FO3S. The van der Waals surface area contributed by atoms with Gasteiger partial charge in [-0.3, -0.25) is 4.79 Å². The highest BCUT2D eigenvalue weighted by Gasteiger charge is 2.08. The Labute approximate surface area is 115 Å². The summed E-state index contributed by atoms with van der Waals surface area (Å²) in [6.45, 7) is 1.48. The third-order valence-electron chi connectivity index (χ3n) is 2.14. The van der Waals surface area contributed by atoms with Gasteiger partial charge in [-0.2, -0.15) is 0 Å². The molecule has 5 heteroatoms. The summed E-state index contributed by atoms with van der Waals surface area (Å²) in [5.74, 6) is 4.97. The lowest BCUT2D eigenvalue weighted by Gasteiger charge is -2.00. The molecule has 1 aromatic carbocycles. The molecule has 0 amide bonds. The van der Waals surface area contributed by atoms with E-state index in [1.165, 1.54) is 44.0 Å². The van der Waals surface area contributed by atoms with E-state index in [1.54, 1.807) is 0 Å². The van der Waals surface area contributed by atoms with Gasteiger partial charge in [0, 0.05) is 19.1 Å². The molecule has 0 unspecified atom stereocenters. The summed E-state index contributed by atoms with van der Waals surface area (Å²) in [4.78, 5) is 22.0. The predicted octanol–water partition coefficient (Wildman–Crippen LogP) is 2.63. The van der Waals surface area contributed by atoms with Gasteiger partial charge in [0.25, 0.3) is 0 Å². The first-order valence-corrected chi connectivity index (χ1v) is 6.53. The number of benzene rings is 1. The van der Waals surface area contributed by atoms with Crippen molar-refractivity contribution in [3.63, 3.8) is 0 Å². The van der Waals surface area contributed by atoms with Gasteiger partial charge < -0.3 is 4.74 Å². The lowest BCUT2D eigenvalue weighted by atomic mass is 10.1. The Bertz CT molecular complexity index is 543. The molecule has 19 heavy (non-hydrogen) atoms. The van der Waals surface area contributed by atoms with Crippen LogP contribution >= 0.6 is 11.8 Å². The molecule has 0 fully saturated rings. The number of thioether (sulfide) groups is 1. The average Bonchev–Trinajstić information content (AvgIpc) is 2.39. The highest BCUT2D eigenvalue weighted by atomic mass is 32.2. The first-order chi connectivity index (χ1) is 9.04. The van der Waals surface area contributed by atoms with E-state index < -0.39 is 11.8 Å². The molecule has 0 atom stereocenters. The molecular weight excluding hydrogens is 267 g/mol. The van der Waals surface area contributed by atoms with Crippen molar-refractivity contribution in [3.8, 4) is 11.8 Å². The van der Waals surface area contributed by atoms with Gasteiger partial charge in [0.2, 0.25) is 0 Å². The maximum atomic E-state index is 13.5. The van der Waals surface area contributed by atoms with Gasteiger partial charge in [-0.1, -0.05) is 23.6 Å². The quantitative estimate of drug-likeness (QED) is 0.485. The van der Waals surface area contributed by atoms with E-state index in [9.17, 15) is 14.0 Å². The minimum atomic E-state index is -0.532. The van der Waals surface area contributed by atoms with Crippen molar-refractivity contribution in [3.05, 3.63) is 35.1 Å². The molecule has 3 nitrogen and oxygen atoms in total. The van der Waals surface area contributed by atoms with Crippen LogP contribution in [-0.2, 0) is 9.53 Å². The van der Waals surface area contributed by atoms with Crippen molar-refractivity contribution in [2.45, 2.75) is 13.3 Å². The zero-order valence-corrected chi connectivity index (χ0v) is 11.5. The number of rotatable bonds is 3. The maximum absolute atomic E-state index is 13.5. The lowest BCUT2D eigenvalue weighted by Crippen LogP contribution is -2.02. The summed E-state index contributed by atoms with van der Waals surface area (Å²) < 4.78 is 18.0. The van der Waals surface area contributed by atoms with Crippen molar-refractivity contribution in [1.82, 2.24) is 0 Å². The molecule has 0 spiro atoms. The van der Waals surface area contributed by atoms with Gasteiger partial charge in [0.05, 0.1) is 18.2 Å². The Morgan fingerprint density at radius 1 is 1.42 bits per heavy atom. The fourth-order valence-electron chi connectivity index (χ4n) is 1.27. The Balaban J connectivity index is 2.74. The van der Waals surface area contributed by atoms with Crippen LogP contribution in [0.2, 0.25) is 0 Å². The first-order valence-electron chi connectivity index (χ1n) is 5.54. The first kappa shape index (κ1) is 15.3. The number of ether oxygens (including phenoxy) is 1. The molecule has 0 saturated heterocycles. The van der Waals surface area contributed by atoms with Crippen molar-refractivity contribution >= 4 is 22.8 Å². The number of methoxy groups -OCH3 is 1. The van der Waals surface area contributed by atoms with Crippen molar-refractivity contribution in [1.29, 1.82) is 0 Å². The normalized spacial score (nSPS) is 9.42. The van der Waals surface area contributed by atoms with Crippen LogP contribution in [0.15, 0.2) is 18.2 Å². The van der Waals surface area contributed by atoms with Gasteiger partial charge in [-0.15, -0.1) is 0 Å². The molecule has 0 aliphatic heterocycles. The SMILES string of the molecule is COC(=O)c1ccc(F)c(C#CCCSC(C)=O)c1. The molecule has 0 aliphatic carbocycles. The predicted molar refractivity (Wildman–Crippen MR) is 72.4 cm³/mol. The summed E-state index contributed by atoms with van der Waals surface area (Å²) in [5, 5.41) is 0.0284. The van der Waals surface area contributed by atoms with Crippen LogP contribution in [0, 0.1) is 17.7 Å². The van der Waals surface area contributed by atoms with Crippen LogP contribution in [0.1, 0.15) is 29.3 Å². The maximum Gasteiger partial charge on any atom is 0.337 e. The molecule has 0 bridgehead atoms. The molecule has 0 N–H and O–H groups in total. The minimum absolute atomic E-state index is 0.0284. The zero-order valence-electron chi connectivity index (χ0n) is 10.7. The molecule has 0 radical (unpaired) electrons. The van der Waals surface area contributed by atoms with Crippen LogP contribution in [0.5, 0.6) is 0 Å². The zero-order chi connectivity index (χ0) is 14.3. The molecule has 0 heterocycles. The topological polar surface area (TPSA) is 43.4 Å². The number of hydrogen-bond donors (Lipinski definition) is 0. The monoisotopic (exact) mass is 280 g/mol. The van der Waals surface area contributed by atoms with Gasteiger partial charge >= 0.3 is 5.97 Å². The molecule has 0 saturated carbocycles. The standard InChI is InChI=1S/C14H13FO3S/c1-10(16)19-8-4-3-5-11-9-12(14(17)18-2)6-7-13(11)15/h6-7,9H,4,8H2,1-2H3. The summed E-state index contributed by atoms with van der Waals surface area (Å²) in [6.07, 6.45) is 0.478. The minimum Gasteiger partial charge on any atom is -0.465 e. The fourth-order valence-corrected chi connectivity index (χ4v) is 1.76. The van der Waals surface area contributed by atoms with Gasteiger partial charge in [-0.25, -0.2) is 9.18 Å².